The number of alkyl halides is 2. The van der Waals surface area contributed by atoms with E-state index in [1.165, 1.54) is 42.2 Å². The van der Waals surface area contributed by atoms with Gasteiger partial charge in [-0.2, -0.15) is 9.49 Å². The van der Waals surface area contributed by atoms with E-state index in [0.717, 1.165) is 30.1 Å². The van der Waals surface area contributed by atoms with Crippen molar-refractivity contribution < 1.29 is 21.6 Å². The van der Waals surface area contributed by atoms with E-state index in [1.807, 2.05) is 0 Å². The highest BCUT2D eigenvalue weighted by Gasteiger charge is 2.25. The van der Waals surface area contributed by atoms with Crippen molar-refractivity contribution in [3.63, 3.8) is 0 Å². The number of benzene rings is 1. The zero-order chi connectivity index (χ0) is 21.7. The predicted octanol–water partition coefficient (Wildman–Crippen LogP) is 3.21. The van der Waals surface area contributed by atoms with E-state index in [1.54, 1.807) is 0 Å². The second kappa shape index (κ2) is 6.83. The average Bonchev–Trinajstić information content (AvgIpc) is 3.28. The van der Waals surface area contributed by atoms with E-state index in [0.29, 0.717) is 0 Å². The Morgan fingerprint density at radius 2 is 1.97 bits per heavy atom. The average molecular weight is 436 g/mol. The molecule has 8 nitrogen and oxygen atoms in total. The van der Waals surface area contributed by atoms with Gasteiger partial charge in [0.1, 0.15) is 4.90 Å². The molecule has 4 rings (SSSR count). The SMILES string of the molecule is Cn1nc(F)c2cccc(NS(=O)(=O)c3cnn(-c4cc(C(C)(F)F)ccn4)c3)c21. The minimum Gasteiger partial charge on any atom is -0.277 e. The first-order valence-corrected chi connectivity index (χ1v) is 10.1. The van der Waals surface area contributed by atoms with Gasteiger partial charge in [-0.15, -0.1) is 5.10 Å². The Balaban J connectivity index is 1.69. The second-order valence-corrected chi connectivity index (χ2v) is 8.32. The maximum atomic E-state index is 13.9. The molecule has 156 valence electrons. The summed E-state index contributed by atoms with van der Waals surface area (Å²) in [6.45, 7) is 0.747. The molecule has 4 aromatic rings. The zero-order valence-corrected chi connectivity index (χ0v) is 16.5. The molecule has 0 spiro atoms. The van der Waals surface area contributed by atoms with Crippen LogP contribution in [0.2, 0.25) is 0 Å². The molecule has 0 saturated heterocycles. The normalized spacial score (nSPS) is 12.4. The molecular weight excluding hydrogens is 421 g/mol. The molecule has 0 aliphatic rings. The third-order valence-electron chi connectivity index (χ3n) is 4.42. The summed E-state index contributed by atoms with van der Waals surface area (Å²) in [5.41, 5.74) is 0.117. The van der Waals surface area contributed by atoms with Crippen LogP contribution in [0.25, 0.3) is 16.7 Å². The van der Waals surface area contributed by atoms with Crippen molar-refractivity contribution in [1.29, 1.82) is 0 Å². The van der Waals surface area contributed by atoms with Gasteiger partial charge in [-0.05, 0) is 24.3 Å². The number of fused-ring (bicyclic) bond motifs is 1. The molecule has 3 aromatic heterocycles. The third-order valence-corrected chi connectivity index (χ3v) is 5.74. The summed E-state index contributed by atoms with van der Waals surface area (Å²) in [5.74, 6) is -3.77. The number of hydrogen-bond donors (Lipinski definition) is 1. The number of pyridine rings is 1. The highest BCUT2D eigenvalue weighted by molar-refractivity contribution is 7.92. The molecule has 0 unspecified atom stereocenters. The molecule has 12 heteroatoms. The molecular formula is C18H15F3N6O2S. The summed E-state index contributed by atoms with van der Waals surface area (Å²) >= 11 is 0. The fourth-order valence-electron chi connectivity index (χ4n) is 2.97. The minimum absolute atomic E-state index is 0.0336. The molecule has 0 amide bonds. The smallest absolute Gasteiger partial charge is 0.270 e. The van der Waals surface area contributed by atoms with Crippen LogP contribution in [0.4, 0.5) is 18.9 Å². The summed E-state index contributed by atoms with van der Waals surface area (Å²) in [4.78, 5) is 3.73. The van der Waals surface area contributed by atoms with Gasteiger partial charge in [-0.1, -0.05) is 6.07 Å². The Hall–Kier alpha value is -3.41. The molecule has 1 aromatic carbocycles. The van der Waals surface area contributed by atoms with E-state index in [4.69, 9.17) is 0 Å². The number of hydrogen-bond acceptors (Lipinski definition) is 5. The largest absolute Gasteiger partial charge is 0.277 e. The van der Waals surface area contributed by atoms with E-state index in [-0.39, 0.29) is 32.9 Å². The van der Waals surface area contributed by atoms with Gasteiger partial charge in [-0.25, -0.2) is 26.9 Å². The van der Waals surface area contributed by atoms with Gasteiger partial charge in [0.2, 0.25) is 5.95 Å². The van der Waals surface area contributed by atoms with Gasteiger partial charge in [0.25, 0.3) is 15.9 Å². The van der Waals surface area contributed by atoms with Gasteiger partial charge in [0.05, 0.1) is 29.0 Å². The molecule has 0 atom stereocenters. The lowest BCUT2D eigenvalue weighted by molar-refractivity contribution is 0.0173. The molecule has 0 radical (unpaired) electrons. The van der Waals surface area contributed by atoms with Crippen LogP contribution in [0.3, 0.4) is 0 Å². The lowest BCUT2D eigenvalue weighted by Crippen LogP contribution is -2.13. The maximum Gasteiger partial charge on any atom is 0.270 e. The van der Waals surface area contributed by atoms with Crippen molar-refractivity contribution in [2.45, 2.75) is 17.7 Å². The summed E-state index contributed by atoms with van der Waals surface area (Å²) in [7, 11) is -2.62. The number of rotatable bonds is 5. The third kappa shape index (κ3) is 3.49. The molecule has 1 N–H and O–H groups in total. The molecule has 0 saturated carbocycles. The van der Waals surface area contributed by atoms with Crippen LogP contribution in [0, 0.1) is 5.95 Å². The Bertz CT molecular complexity index is 1360. The molecule has 3 heterocycles. The fraction of sp³-hybridized carbons (Fsp3) is 0.167. The molecule has 0 aliphatic heterocycles. The van der Waals surface area contributed by atoms with E-state index >= 15 is 0 Å². The van der Waals surface area contributed by atoms with Crippen LogP contribution in [0.1, 0.15) is 12.5 Å². The van der Waals surface area contributed by atoms with Crippen molar-refractivity contribution in [3.05, 3.63) is 60.4 Å². The van der Waals surface area contributed by atoms with E-state index < -0.39 is 21.9 Å². The molecule has 30 heavy (non-hydrogen) atoms. The Morgan fingerprint density at radius 1 is 1.20 bits per heavy atom. The Morgan fingerprint density at radius 3 is 2.70 bits per heavy atom. The number of nitrogens with one attached hydrogen (secondary N) is 1. The summed E-state index contributed by atoms with van der Waals surface area (Å²) in [5, 5.41) is 7.73. The first-order chi connectivity index (χ1) is 14.1. The molecule has 0 fully saturated rings. The lowest BCUT2D eigenvalue weighted by atomic mass is 10.1. The van der Waals surface area contributed by atoms with E-state index in [9.17, 15) is 21.6 Å². The monoisotopic (exact) mass is 436 g/mol. The summed E-state index contributed by atoms with van der Waals surface area (Å²) in [6.07, 6.45) is 3.39. The van der Waals surface area contributed by atoms with Gasteiger partial charge in [0, 0.05) is 25.7 Å². The van der Waals surface area contributed by atoms with Crippen LogP contribution < -0.4 is 4.72 Å². The molecule has 0 bridgehead atoms. The Labute approximate surface area is 169 Å². The van der Waals surface area contributed by atoms with Crippen molar-refractivity contribution in [3.8, 4) is 5.82 Å². The number of halogens is 3. The van der Waals surface area contributed by atoms with Crippen LogP contribution in [0.5, 0.6) is 0 Å². The number of aromatic nitrogens is 5. The minimum atomic E-state index is -4.11. The second-order valence-electron chi connectivity index (χ2n) is 6.63. The van der Waals surface area contributed by atoms with Crippen molar-refractivity contribution in [2.75, 3.05) is 4.72 Å². The van der Waals surface area contributed by atoms with Crippen molar-refractivity contribution >= 4 is 26.6 Å². The van der Waals surface area contributed by atoms with Crippen LogP contribution in [-0.2, 0) is 23.0 Å². The predicted molar refractivity (Wildman–Crippen MR) is 102 cm³/mol. The number of sulfonamides is 1. The zero-order valence-electron chi connectivity index (χ0n) is 15.7. The fourth-order valence-corrected chi connectivity index (χ4v) is 3.96. The quantitative estimate of drug-likeness (QED) is 0.519. The summed E-state index contributed by atoms with van der Waals surface area (Å²) < 4.78 is 71.3. The number of aryl methyl sites for hydroxylation is 1. The lowest BCUT2D eigenvalue weighted by Gasteiger charge is -2.11. The highest BCUT2D eigenvalue weighted by Crippen LogP contribution is 2.29. The van der Waals surface area contributed by atoms with Gasteiger partial charge in [0.15, 0.2) is 5.82 Å². The van der Waals surface area contributed by atoms with Gasteiger partial charge in [-0.3, -0.25) is 9.40 Å². The first kappa shape index (κ1) is 19.9. The topological polar surface area (TPSA) is 94.7 Å². The first-order valence-electron chi connectivity index (χ1n) is 8.60. The van der Waals surface area contributed by atoms with Crippen LogP contribution >= 0.6 is 0 Å². The van der Waals surface area contributed by atoms with Crippen molar-refractivity contribution in [2.24, 2.45) is 7.05 Å². The standard InChI is InChI=1S/C18H15F3N6O2S/c1-18(20,21)11-6-7-22-15(8-11)27-10-12(9-23-27)30(28,29)25-14-5-3-4-13-16(14)26(2)24-17(13)19/h3-10,25H,1-2H3. The van der Waals surface area contributed by atoms with E-state index in [2.05, 4.69) is 19.9 Å². The Kier molecular flexibility index (Phi) is 4.53. The van der Waals surface area contributed by atoms with Crippen LogP contribution in [-0.4, -0.2) is 33.0 Å². The highest BCUT2D eigenvalue weighted by atomic mass is 32.2. The van der Waals surface area contributed by atoms with Crippen molar-refractivity contribution in [1.82, 2.24) is 24.5 Å². The number of anilines is 1. The van der Waals surface area contributed by atoms with Gasteiger partial charge < -0.3 is 0 Å². The number of nitrogens with zero attached hydrogens (tertiary/aromatic N) is 5. The van der Waals surface area contributed by atoms with Crippen LogP contribution in [0.15, 0.2) is 53.8 Å². The number of para-hydroxylation sites is 1. The maximum absolute atomic E-state index is 13.9. The molecule has 0 aliphatic carbocycles. The van der Waals surface area contributed by atoms with Gasteiger partial charge >= 0.3 is 0 Å². The summed E-state index contributed by atoms with van der Waals surface area (Å²) in [6, 6.07) is 6.74.